The minimum atomic E-state index is -3.75. The molecule has 0 bridgehead atoms. The number of hydrogen-bond donors (Lipinski definition) is 2. The molecule has 28 heavy (non-hydrogen) atoms. The Morgan fingerprint density at radius 2 is 1.93 bits per heavy atom. The van der Waals surface area contributed by atoms with Gasteiger partial charge in [-0.3, -0.25) is 4.79 Å². The molecular weight excluding hydrogens is 378 g/mol. The second kappa shape index (κ2) is 8.30. The van der Waals surface area contributed by atoms with Crippen LogP contribution in [0.15, 0.2) is 53.4 Å². The Bertz CT molecular complexity index is 947. The van der Waals surface area contributed by atoms with Gasteiger partial charge in [0.25, 0.3) is 0 Å². The fraction of sp³-hybridized carbons (Fsp3) is 0.350. The Labute approximate surface area is 166 Å². The minimum absolute atomic E-state index is 0.137. The lowest BCUT2D eigenvalue weighted by Crippen LogP contribution is -3.12. The Hall–Kier alpha value is -2.42. The molecule has 1 amide bonds. The third-order valence-corrected chi connectivity index (χ3v) is 6.83. The fourth-order valence-electron chi connectivity index (χ4n) is 3.51. The van der Waals surface area contributed by atoms with Crippen LogP contribution >= 0.6 is 0 Å². The van der Waals surface area contributed by atoms with Gasteiger partial charge in [0.05, 0.1) is 50.4 Å². The number of methoxy groups -OCH3 is 1. The molecule has 2 aromatic rings. The van der Waals surface area contributed by atoms with Gasteiger partial charge in [-0.25, -0.2) is 8.42 Å². The van der Waals surface area contributed by atoms with Crippen molar-refractivity contribution in [2.75, 3.05) is 39.1 Å². The molecule has 8 heteroatoms. The zero-order valence-electron chi connectivity index (χ0n) is 16.3. The van der Waals surface area contributed by atoms with Crippen LogP contribution in [-0.4, -0.2) is 52.4 Å². The van der Waals surface area contributed by atoms with E-state index in [4.69, 9.17) is 4.74 Å². The highest BCUT2D eigenvalue weighted by Crippen LogP contribution is 2.32. The number of likely N-dealkylation sites (N-methyl/N-ethyl adjacent to an activating group) is 1. The van der Waals surface area contributed by atoms with Gasteiger partial charge in [-0.15, -0.1) is 0 Å². The average molecular weight is 405 g/mol. The van der Waals surface area contributed by atoms with Crippen molar-refractivity contribution in [3.05, 3.63) is 54.1 Å². The number of ether oxygens (including phenoxy) is 1. The average Bonchev–Trinajstić information content (AvgIpc) is 2.68. The van der Waals surface area contributed by atoms with E-state index in [1.807, 2.05) is 30.3 Å². The Morgan fingerprint density at radius 3 is 2.57 bits per heavy atom. The van der Waals surface area contributed by atoms with Crippen LogP contribution in [0.5, 0.6) is 5.75 Å². The molecule has 1 aliphatic rings. The van der Waals surface area contributed by atoms with Crippen molar-refractivity contribution in [1.82, 2.24) is 4.31 Å². The lowest BCUT2D eigenvalue weighted by molar-refractivity contribution is -0.887. The normalized spacial score (nSPS) is 20.5. The number of quaternary nitrogens is 1. The maximum Gasteiger partial charge on any atom is 0.244 e. The Balaban J connectivity index is 2.01. The molecule has 1 saturated heterocycles. The monoisotopic (exact) mass is 404 g/mol. The number of sulfonamides is 1. The largest absolute Gasteiger partial charge is 0.495 e. The summed E-state index contributed by atoms with van der Waals surface area (Å²) in [6.07, 6.45) is 0. The lowest BCUT2D eigenvalue weighted by atomic mass is 10.1. The topological polar surface area (TPSA) is 80.2 Å². The van der Waals surface area contributed by atoms with Crippen LogP contribution in [0.1, 0.15) is 18.5 Å². The molecule has 0 aliphatic carbocycles. The standard InChI is InChI=1S/C20H25N3O4S/c1-15(24)21-18-13-17(9-10-20(18)27-3)28(25,26)23-12-11-22(2)14-19(23)16-7-5-4-6-8-16/h4-10,13,19H,11-12,14H2,1-3H3,(H,21,24)/p+1/t19-/m1/s1. The molecule has 0 radical (unpaired) electrons. The van der Waals surface area contributed by atoms with E-state index in [-0.39, 0.29) is 16.8 Å². The molecule has 0 spiro atoms. The van der Waals surface area contributed by atoms with Crippen molar-refractivity contribution >= 4 is 21.6 Å². The highest BCUT2D eigenvalue weighted by molar-refractivity contribution is 7.89. The van der Waals surface area contributed by atoms with Crippen molar-refractivity contribution < 1.29 is 22.8 Å². The molecule has 1 aliphatic heterocycles. The van der Waals surface area contributed by atoms with Gasteiger partial charge in [0, 0.05) is 6.92 Å². The number of carbonyl (C=O) groups excluding carboxylic acids is 1. The van der Waals surface area contributed by atoms with Crippen molar-refractivity contribution in [1.29, 1.82) is 0 Å². The fourth-order valence-corrected chi connectivity index (χ4v) is 5.15. The first-order chi connectivity index (χ1) is 13.3. The second-order valence-corrected chi connectivity index (χ2v) is 8.89. The van der Waals surface area contributed by atoms with Gasteiger partial charge < -0.3 is 15.0 Å². The molecule has 2 atom stereocenters. The highest BCUT2D eigenvalue weighted by atomic mass is 32.2. The van der Waals surface area contributed by atoms with Gasteiger partial charge in [-0.05, 0) is 23.8 Å². The van der Waals surface area contributed by atoms with Gasteiger partial charge >= 0.3 is 0 Å². The van der Waals surface area contributed by atoms with E-state index in [1.165, 1.54) is 31.1 Å². The first-order valence-corrected chi connectivity index (χ1v) is 10.6. The summed E-state index contributed by atoms with van der Waals surface area (Å²) in [6, 6.07) is 14.0. The summed E-state index contributed by atoms with van der Waals surface area (Å²) in [6.45, 7) is 3.22. The van der Waals surface area contributed by atoms with Crippen LogP contribution in [0.2, 0.25) is 0 Å². The van der Waals surface area contributed by atoms with Crippen LogP contribution in [-0.2, 0) is 14.8 Å². The maximum absolute atomic E-state index is 13.5. The minimum Gasteiger partial charge on any atom is -0.495 e. The highest BCUT2D eigenvalue weighted by Gasteiger charge is 2.38. The lowest BCUT2D eigenvalue weighted by Gasteiger charge is -2.37. The third kappa shape index (κ3) is 4.19. The number of carbonyl (C=O) groups is 1. The summed E-state index contributed by atoms with van der Waals surface area (Å²) in [5, 5.41) is 2.64. The first-order valence-electron chi connectivity index (χ1n) is 9.16. The smallest absolute Gasteiger partial charge is 0.244 e. The van der Waals surface area contributed by atoms with Crippen molar-refractivity contribution in [3.63, 3.8) is 0 Å². The summed E-state index contributed by atoms with van der Waals surface area (Å²) in [7, 11) is -0.206. The van der Waals surface area contributed by atoms with Gasteiger partial charge in [-0.2, -0.15) is 4.31 Å². The predicted molar refractivity (Wildman–Crippen MR) is 107 cm³/mol. The molecule has 7 nitrogen and oxygen atoms in total. The van der Waals surface area contributed by atoms with E-state index in [0.29, 0.717) is 24.5 Å². The van der Waals surface area contributed by atoms with E-state index in [2.05, 4.69) is 12.4 Å². The van der Waals surface area contributed by atoms with E-state index in [9.17, 15) is 13.2 Å². The molecule has 3 rings (SSSR count). The number of hydrogen-bond acceptors (Lipinski definition) is 4. The molecule has 0 aromatic heterocycles. The van der Waals surface area contributed by atoms with E-state index < -0.39 is 10.0 Å². The first kappa shape index (κ1) is 20.3. The summed E-state index contributed by atoms with van der Waals surface area (Å²) in [4.78, 5) is 12.9. The summed E-state index contributed by atoms with van der Waals surface area (Å²) in [5.74, 6) is 0.120. The number of piperazine rings is 1. The number of nitrogens with zero attached hydrogens (tertiary/aromatic N) is 1. The van der Waals surface area contributed by atoms with Crippen LogP contribution in [0.4, 0.5) is 5.69 Å². The van der Waals surface area contributed by atoms with Crippen molar-refractivity contribution in [3.8, 4) is 5.75 Å². The number of benzene rings is 2. The van der Waals surface area contributed by atoms with Gasteiger partial charge in [0.2, 0.25) is 15.9 Å². The van der Waals surface area contributed by atoms with Gasteiger partial charge in [0.15, 0.2) is 0 Å². The summed E-state index contributed by atoms with van der Waals surface area (Å²) >= 11 is 0. The van der Waals surface area contributed by atoms with Crippen LogP contribution in [0.3, 0.4) is 0 Å². The van der Waals surface area contributed by atoms with E-state index in [1.54, 1.807) is 10.4 Å². The number of nitrogens with one attached hydrogen (secondary N) is 2. The zero-order chi connectivity index (χ0) is 20.3. The summed E-state index contributed by atoms with van der Waals surface area (Å²) < 4.78 is 33.8. The number of amides is 1. The van der Waals surface area contributed by atoms with E-state index >= 15 is 0 Å². The maximum atomic E-state index is 13.5. The Morgan fingerprint density at radius 1 is 1.21 bits per heavy atom. The van der Waals surface area contributed by atoms with Crippen LogP contribution in [0, 0.1) is 0 Å². The number of rotatable bonds is 5. The molecule has 1 heterocycles. The zero-order valence-corrected chi connectivity index (χ0v) is 17.1. The molecule has 0 saturated carbocycles. The predicted octanol–water partition coefficient (Wildman–Crippen LogP) is 0.914. The van der Waals surface area contributed by atoms with Gasteiger partial charge in [0.1, 0.15) is 5.75 Å². The van der Waals surface area contributed by atoms with Crippen molar-refractivity contribution in [2.45, 2.75) is 17.9 Å². The molecule has 1 fully saturated rings. The molecular formula is C20H26N3O4S+. The van der Waals surface area contributed by atoms with Crippen LogP contribution in [0.25, 0.3) is 0 Å². The van der Waals surface area contributed by atoms with Crippen molar-refractivity contribution in [2.24, 2.45) is 0 Å². The van der Waals surface area contributed by atoms with Gasteiger partial charge in [-0.1, -0.05) is 30.3 Å². The quantitative estimate of drug-likeness (QED) is 0.777. The molecule has 2 aromatic carbocycles. The van der Waals surface area contributed by atoms with Crippen LogP contribution < -0.4 is 15.0 Å². The molecule has 150 valence electrons. The SMILES string of the molecule is COc1ccc(S(=O)(=O)N2CC[NH+](C)C[C@@H]2c2ccccc2)cc1NC(C)=O. The number of anilines is 1. The van der Waals surface area contributed by atoms with E-state index in [0.717, 1.165) is 12.1 Å². The third-order valence-electron chi connectivity index (χ3n) is 4.92. The summed E-state index contributed by atoms with van der Waals surface area (Å²) in [5.41, 5.74) is 1.31. The molecule has 2 N–H and O–H groups in total. The Kier molecular flexibility index (Phi) is 6.02. The molecule has 1 unspecified atom stereocenters. The second-order valence-electron chi connectivity index (χ2n) is 7.00.